The molecule has 86 valence electrons. The number of ketones is 1. The quantitative estimate of drug-likeness (QED) is 0.731. The number of hydrogen-bond acceptors (Lipinski definition) is 3. The Balaban J connectivity index is 1.98. The first-order valence-electron chi connectivity index (χ1n) is 5.95. The van der Waals surface area contributed by atoms with Gasteiger partial charge in [-0.25, -0.2) is 4.98 Å². The van der Waals surface area contributed by atoms with Gasteiger partial charge in [0.2, 0.25) is 0 Å². The maximum Gasteiger partial charge on any atom is 0.180 e. The van der Waals surface area contributed by atoms with Crippen LogP contribution in [0.4, 0.5) is 0 Å². The molecule has 0 radical (unpaired) electrons. The highest BCUT2D eigenvalue weighted by molar-refractivity contribution is 5.93. The van der Waals surface area contributed by atoms with E-state index in [0.717, 1.165) is 18.6 Å². The number of carbonyl (C=O) groups is 1. The first-order valence-corrected chi connectivity index (χ1v) is 5.95. The van der Waals surface area contributed by atoms with Crippen LogP contribution in [0.2, 0.25) is 0 Å². The molecule has 0 aromatic carbocycles. The standard InChI is InChI=1S/C13H17NO2/c1-2-13(15)12-8-7-11(9-14-12)16-10-5-3-4-6-10/h7-10H,2-6H2,1H3. The summed E-state index contributed by atoms with van der Waals surface area (Å²) in [6.07, 6.45) is 7.27. The number of rotatable bonds is 4. The summed E-state index contributed by atoms with van der Waals surface area (Å²) in [4.78, 5) is 15.5. The van der Waals surface area contributed by atoms with Gasteiger partial charge in [-0.3, -0.25) is 4.79 Å². The lowest BCUT2D eigenvalue weighted by molar-refractivity contribution is 0.0983. The van der Waals surface area contributed by atoms with Crippen molar-refractivity contribution in [2.24, 2.45) is 0 Å². The van der Waals surface area contributed by atoms with Crippen molar-refractivity contribution in [3.8, 4) is 5.75 Å². The summed E-state index contributed by atoms with van der Waals surface area (Å²) < 4.78 is 5.77. The molecule has 0 spiro atoms. The lowest BCUT2D eigenvalue weighted by Crippen LogP contribution is -2.11. The largest absolute Gasteiger partial charge is 0.489 e. The van der Waals surface area contributed by atoms with Gasteiger partial charge in [-0.2, -0.15) is 0 Å². The van der Waals surface area contributed by atoms with Gasteiger partial charge in [0.15, 0.2) is 5.78 Å². The summed E-state index contributed by atoms with van der Waals surface area (Å²) in [5.74, 6) is 0.854. The second-order valence-corrected chi connectivity index (χ2v) is 4.18. The third-order valence-electron chi connectivity index (χ3n) is 2.95. The maximum absolute atomic E-state index is 11.4. The van der Waals surface area contributed by atoms with Crippen LogP contribution in [0.25, 0.3) is 0 Å². The summed E-state index contributed by atoms with van der Waals surface area (Å²) in [5, 5.41) is 0. The van der Waals surface area contributed by atoms with Gasteiger partial charge in [-0.05, 0) is 37.8 Å². The first kappa shape index (κ1) is 11.1. The van der Waals surface area contributed by atoms with Crippen LogP contribution in [0.1, 0.15) is 49.5 Å². The predicted molar refractivity (Wildman–Crippen MR) is 61.7 cm³/mol. The molecule has 1 heterocycles. The Labute approximate surface area is 95.8 Å². The molecule has 0 amide bonds. The van der Waals surface area contributed by atoms with Crippen molar-refractivity contribution in [1.82, 2.24) is 4.98 Å². The lowest BCUT2D eigenvalue weighted by Gasteiger charge is -2.12. The smallest absolute Gasteiger partial charge is 0.180 e. The van der Waals surface area contributed by atoms with E-state index in [1.165, 1.54) is 12.8 Å². The summed E-state index contributed by atoms with van der Waals surface area (Å²) >= 11 is 0. The number of carbonyl (C=O) groups excluding carboxylic acids is 1. The first-order chi connectivity index (χ1) is 7.79. The Morgan fingerprint density at radius 1 is 1.44 bits per heavy atom. The van der Waals surface area contributed by atoms with E-state index in [-0.39, 0.29) is 5.78 Å². The molecule has 0 atom stereocenters. The van der Waals surface area contributed by atoms with Gasteiger partial charge in [0.1, 0.15) is 11.4 Å². The minimum absolute atomic E-state index is 0.0763. The van der Waals surface area contributed by atoms with Crippen molar-refractivity contribution in [3.63, 3.8) is 0 Å². The van der Waals surface area contributed by atoms with Gasteiger partial charge in [0.05, 0.1) is 12.3 Å². The van der Waals surface area contributed by atoms with E-state index in [1.54, 1.807) is 12.3 Å². The predicted octanol–water partition coefficient (Wildman–Crippen LogP) is 3.00. The zero-order valence-electron chi connectivity index (χ0n) is 9.61. The molecular formula is C13H17NO2. The van der Waals surface area contributed by atoms with Gasteiger partial charge in [-0.1, -0.05) is 6.92 Å². The fourth-order valence-electron chi connectivity index (χ4n) is 1.99. The van der Waals surface area contributed by atoms with Crippen LogP contribution >= 0.6 is 0 Å². The molecule has 1 aromatic heterocycles. The van der Waals surface area contributed by atoms with Crippen molar-refractivity contribution < 1.29 is 9.53 Å². The van der Waals surface area contributed by atoms with E-state index < -0.39 is 0 Å². The minimum atomic E-state index is 0.0763. The Morgan fingerprint density at radius 3 is 2.75 bits per heavy atom. The van der Waals surface area contributed by atoms with Crippen LogP contribution in [0.15, 0.2) is 18.3 Å². The van der Waals surface area contributed by atoms with E-state index >= 15 is 0 Å². The number of nitrogens with zero attached hydrogens (tertiary/aromatic N) is 1. The minimum Gasteiger partial charge on any atom is -0.489 e. The Bertz CT molecular complexity index is 353. The van der Waals surface area contributed by atoms with Crippen molar-refractivity contribution in [2.45, 2.75) is 45.1 Å². The Hall–Kier alpha value is -1.38. The number of hydrogen-bond donors (Lipinski definition) is 0. The van der Waals surface area contributed by atoms with Crippen LogP contribution in [-0.4, -0.2) is 16.9 Å². The zero-order chi connectivity index (χ0) is 11.4. The SMILES string of the molecule is CCC(=O)c1ccc(OC2CCCC2)cn1. The maximum atomic E-state index is 11.4. The molecule has 1 saturated carbocycles. The second-order valence-electron chi connectivity index (χ2n) is 4.18. The highest BCUT2D eigenvalue weighted by Crippen LogP contribution is 2.23. The molecule has 1 fully saturated rings. The van der Waals surface area contributed by atoms with Gasteiger partial charge < -0.3 is 4.74 Å². The topological polar surface area (TPSA) is 39.2 Å². The average molecular weight is 219 g/mol. The number of aromatic nitrogens is 1. The van der Waals surface area contributed by atoms with Gasteiger partial charge in [0, 0.05) is 6.42 Å². The van der Waals surface area contributed by atoms with Crippen LogP contribution in [0.5, 0.6) is 5.75 Å². The summed E-state index contributed by atoms with van der Waals surface area (Å²) in [5.41, 5.74) is 0.529. The van der Waals surface area contributed by atoms with Crippen molar-refractivity contribution in [2.75, 3.05) is 0 Å². The molecule has 2 rings (SSSR count). The normalized spacial score (nSPS) is 16.3. The van der Waals surface area contributed by atoms with Crippen LogP contribution in [0, 0.1) is 0 Å². The lowest BCUT2D eigenvalue weighted by atomic mass is 10.2. The Morgan fingerprint density at radius 2 is 2.19 bits per heavy atom. The average Bonchev–Trinajstić information content (AvgIpc) is 2.82. The summed E-state index contributed by atoms with van der Waals surface area (Å²) in [6.45, 7) is 1.84. The summed E-state index contributed by atoms with van der Waals surface area (Å²) in [7, 11) is 0. The van der Waals surface area contributed by atoms with E-state index in [9.17, 15) is 4.79 Å². The summed E-state index contributed by atoms with van der Waals surface area (Å²) in [6, 6.07) is 3.59. The number of pyridine rings is 1. The van der Waals surface area contributed by atoms with Crippen LogP contribution in [0.3, 0.4) is 0 Å². The van der Waals surface area contributed by atoms with E-state index in [4.69, 9.17) is 4.74 Å². The van der Waals surface area contributed by atoms with E-state index in [0.29, 0.717) is 18.2 Å². The molecular weight excluding hydrogens is 202 g/mol. The highest BCUT2D eigenvalue weighted by Gasteiger charge is 2.16. The molecule has 0 bridgehead atoms. The third-order valence-corrected chi connectivity index (χ3v) is 2.95. The van der Waals surface area contributed by atoms with Crippen molar-refractivity contribution >= 4 is 5.78 Å². The van der Waals surface area contributed by atoms with Crippen molar-refractivity contribution in [1.29, 1.82) is 0 Å². The molecule has 1 aromatic rings. The fourth-order valence-corrected chi connectivity index (χ4v) is 1.99. The van der Waals surface area contributed by atoms with Crippen molar-refractivity contribution in [3.05, 3.63) is 24.0 Å². The Kier molecular flexibility index (Phi) is 3.54. The van der Waals surface area contributed by atoms with E-state index in [2.05, 4.69) is 4.98 Å². The molecule has 1 aliphatic carbocycles. The molecule has 1 aliphatic rings. The van der Waals surface area contributed by atoms with Crippen LogP contribution < -0.4 is 4.74 Å². The number of ether oxygens (including phenoxy) is 1. The molecule has 0 unspecified atom stereocenters. The highest BCUT2D eigenvalue weighted by atomic mass is 16.5. The van der Waals surface area contributed by atoms with Gasteiger partial charge in [-0.15, -0.1) is 0 Å². The van der Waals surface area contributed by atoms with Gasteiger partial charge >= 0.3 is 0 Å². The molecule has 0 saturated heterocycles. The van der Waals surface area contributed by atoms with E-state index in [1.807, 2.05) is 13.0 Å². The molecule has 16 heavy (non-hydrogen) atoms. The zero-order valence-corrected chi connectivity index (χ0v) is 9.61. The molecule has 0 aliphatic heterocycles. The number of Topliss-reactive ketones (excluding diaryl/α,β-unsaturated/α-hetero) is 1. The molecule has 3 nitrogen and oxygen atoms in total. The second kappa shape index (κ2) is 5.10. The monoisotopic (exact) mass is 219 g/mol. The molecule has 0 N–H and O–H groups in total. The fraction of sp³-hybridized carbons (Fsp3) is 0.538. The van der Waals surface area contributed by atoms with Gasteiger partial charge in [0.25, 0.3) is 0 Å². The van der Waals surface area contributed by atoms with Crippen LogP contribution in [-0.2, 0) is 0 Å². The molecule has 3 heteroatoms. The third kappa shape index (κ3) is 2.60.